The third-order valence-corrected chi connectivity index (χ3v) is 3.64. The summed E-state index contributed by atoms with van der Waals surface area (Å²) in [6, 6.07) is 0. The van der Waals surface area contributed by atoms with Gasteiger partial charge in [0.05, 0.1) is 7.11 Å². The van der Waals surface area contributed by atoms with Crippen LogP contribution in [0.4, 0.5) is 0 Å². The molecule has 0 aromatic heterocycles. The van der Waals surface area contributed by atoms with Crippen LogP contribution in [0.5, 0.6) is 0 Å². The molecule has 1 heteroatoms. The maximum absolute atomic E-state index is 4.80. The van der Waals surface area contributed by atoms with E-state index in [0.29, 0.717) is 0 Å². The molecule has 0 aromatic carbocycles. The normalized spacial score (nSPS) is 11.0. The fourth-order valence-corrected chi connectivity index (χ4v) is 2.40. The Morgan fingerprint density at radius 2 is 0.889 bits per heavy atom. The summed E-state index contributed by atoms with van der Waals surface area (Å²) in [4.78, 5) is 0. The van der Waals surface area contributed by atoms with Crippen molar-refractivity contribution in [3.8, 4) is 0 Å². The van der Waals surface area contributed by atoms with Crippen molar-refractivity contribution in [3.05, 3.63) is 7.11 Å². The molecular weight excluding hydrogens is 220 g/mol. The van der Waals surface area contributed by atoms with Crippen molar-refractivity contribution in [1.29, 1.82) is 0 Å². The highest BCUT2D eigenvalue weighted by Gasteiger charge is 1.93. The van der Waals surface area contributed by atoms with Crippen molar-refractivity contribution >= 4 is 0 Å². The molecule has 18 heavy (non-hydrogen) atoms. The van der Waals surface area contributed by atoms with Gasteiger partial charge in [-0.2, -0.15) is 0 Å². The third kappa shape index (κ3) is 16.0. The first-order valence-electron chi connectivity index (χ1n) is 8.28. The highest BCUT2D eigenvalue weighted by molar-refractivity contribution is 4.49. The molecule has 1 radical (unpaired) electrons. The van der Waals surface area contributed by atoms with Crippen molar-refractivity contribution in [3.63, 3.8) is 0 Å². The molecule has 0 saturated carbocycles. The second-order valence-corrected chi connectivity index (χ2v) is 5.50. The lowest BCUT2D eigenvalue weighted by molar-refractivity contribution is 0.233. The Hall–Kier alpha value is -0.0400. The van der Waals surface area contributed by atoms with Crippen molar-refractivity contribution in [2.75, 3.05) is 6.61 Å². The monoisotopic (exact) mass is 255 g/mol. The molecule has 0 aliphatic carbocycles. The largest absolute Gasteiger partial charge is 0.379 e. The fraction of sp³-hybridized carbons (Fsp3) is 0.941. The van der Waals surface area contributed by atoms with Gasteiger partial charge in [0.1, 0.15) is 0 Å². The van der Waals surface area contributed by atoms with Crippen molar-refractivity contribution in [2.45, 2.75) is 96.8 Å². The van der Waals surface area contributed by atoms with Crippen LogP contribution in [-0.4, -0.2) is 6.61 Å². The van der Waals surface area contributed by atoms with Crippen LogP contribution >= 0.6 is 0 Å². The molecule has 0 unspecified atom stereocenters. The fourth-order valence-electron chi connectivity index (χ4n) is 2.40. The zero-order valence-corrected chi connectivity index (χ0v) is 12.7. The number of unbranched alkanes of at least 4 members (excludes halogenated alkanes) is 13. The molecular formula is C17H35O. The number of ether oxygens (including phenoxy) is 1. The van der Waals surface area contributed by atoms with Crippen molar-refractivity contribution in [2.24, 2.45) is 0 Å². The second kappa shape index (κ2) is 17.0. The van der Waals surface area contributed by atoms with Gasteiger partial charge in [-0.05, 0) is 6.42 Å². The highest BCUT2D eigenvalue weighted by Crippen LogP contribution is 2.12. The van der Waals surface area contributed by atoms with Crippen LogP contribution in [0.25, 0.3) is 0 Å². The van der Waals surface area contributed by atoms with Gasteiger partial charge in [0, 0.05) is 6.61 Å². The Morgan fingerprint density at radius 3 is 1.22 bits per heavy atom. The average Bonchev–Trinajstić information content (AvgIpc) is 2.39. The Balaban J connectivity index is 2.86. The summed E-state index contributed by atoms with van der Waals surface area (Å²) in [5.41, 5.74) is 0. The molecule has 0 bridgehead atoms. The van der Waals surface area contributed by atoms with Crippen LogP contribution < -0.4 is 0 Å². The zero-order chi connectivity index (χ0) is 13.3. The van der Waals surface area contributed by atoms with Gasteiger partial charge in [0.15, 0.2) is 0 Å². The molecule has 1 nitrogen and oxygen atoms in total. The van der Waals surface area contributed by atoms with Crippen LogP contribution in [0.15, 0.2) is 0 Å². The predicted molar refractivity (Wildman–Crippen MR) is 81.6 cm³/mol. The summed E-state index contributed by atoms with van der Waals surface area (Å²) in [6.07, 6.45) is 19.7. The Morgan fingerprint density at radius 1 is 0.556 bits per heavy atom. The lowest BCUT2D eigenvalue weighted by Crippen LogP contribution is -1.87. The van der Waals surface area contributed by atoms with Crippen molar-refractivity contribution in [1.82, 2.24) is 0 Å². The quantitative estimate of drug-likeness (QED) is 0.313. The minimum Gasteiger partial charge on any atom is -0.379 e. The minimum absolute atomic E-state index is 0.831. The van der Waals surface area contributed by atoms with Gasteiger partial charge in [-0.25, -0.2) is 0 Å². The lowest BCUT2D eigenvalue weighted by atomic mass is 10.0. The van der Waals surface area contributed by atoms with Crippen LogP contribution in [0.1, 0.15) is 96.8 Å². The van der Waals surface area contributed by atoms with E-state index in [2.05, 4.69) is 14.0 Å². The van der Waals surface area contributed by atoms with E-state index in [1.807, 2.05) is 0 Å². The molecule has 109 valence electrons. The predicted octanol–water partition coefficient (Wildman–Crippen LogP) is 6.28. The highest BCUT2D eigenvalue weighted by atomic mass is 16.5. The van der Waals surface area contributed by atoms with Gasteiger partial charge < -0.3 is 4.74 Å². The second-order valence-electron chi connectivity index (χ2n) is 5.50. The summed E-state index contributed by atoms with van der Waals surface area (Å²) >= 11 is 0. The van der Waals surface area contributed by atoms with E-state index in [-0.39, 0.29) is 0 Å². The van der Waals surface area contributed by atoms with E-state index in [1.165, 1.54) is 89.9 Å². The molecule has 0 atom stereocenters. The van der Waals surface area contributed by atoms with Gasteiger partial charge in [-0.15, -0.1) is 0 Å². The Kier molecular flexibility index (Phi) is 16.9. The number of hydrogen-bond donors (Lipinski definition) is 0. The number of hydrogen-bond acceptors (Lipinski definition) is 1. The summed E-state index contributed by atoms with van der Waals surface area (Å²) < 4.78 is 4.80. The molecule has 0 saturated heterocycles. The average molecular weight is 255 g/mol. The molecule has 0 fully saturated rings. The minimum atomic E-state index is 0.831. The van der Waals surface area contributed by atoms with Gasteiger partial charge >= 0.3 is 0 Å². The molecule has 0 aliphatic rings. The van der Waals surface area contributed by atoms with Gasteiger partial charge in [-0.1, -0.05) is 90.4 Å². The SMILES string of the molecule is [CH2]OCCCCCCCCCCCCCCCC. The first-order chi connectivity index (χ1) is 8.91. The van der Waals surface area contributed by atoms with E-state index >= 15 is 0 Å². The molecule has 0 spiro atoms. The zero-order valence-electron chi connectivity index (χ0n) is 12.7. The summed E-state index contributed by atoms with van der Waals surface area (Å²) in [5.74, 6) is 0. The lowest BCUT2D eigenvalue weighted by Gasteiger charge is -2.03. The maximum atomic E-state index is 4.80. The Labute approximate surface area is 116 Å². The first-order valence-corrected chi connectivity index (χ1v) is 8.28. The molecule has 0 N–H and O–H groups in total. The van der Waals surface area contributed by atoms with E-state index in [1.54, 1.807) is 0 Å². The van der Waals surface area contributed by atoms with E-state index in [0.717, 1.165) is 6.61 Å². The first kappa shape index (κ1) is 18.0. The molecule has 0 aliphatic heterocycles. The van der Waals surface area contributed by atoms with E-state index in [4.69, 9.17) is 4.74 Å². The molecule has 0 rings (SSSR count). The standard InChI is InChI=1S/C17H35O/c1-3-4-5-6-7-8-9-10-11-12-13-14-15-16-17-18-2/h2-17H2,1H3. The topological polar surface area (TPSA) is 9.23 Å². The molecule has 0 aromatic rings. The van der Waals surface area contributed by atoms with Gasteiger partial charge in [0.2, 0.25) is 0 Å². The van der Waals surface area contributed by atoms with E-state index in [9.17, 15) is 0 Å². The summed E-state index contributed by atoms with van der Waals surface area (Å²) in [5, 5.41) is 0. The van der Waals surface area contributed by atoms with Crippen molar-refractivity contribution < 1.29 is 4.74 Å². The van der Waals surface area contributed by atoms with Crippen LogP contribution in [-0.2, 0) is 4.74 Å². The van der Waals surface area contributed by atoms with Crippen LogP contribution in [0.3, 0.4) is 0 Å². The summed E-state index contributed by atoms with van der Waals surface area (Å²) in [6.45, 7) is 3.12. The van der Waals surface area contributed by atoms with Gasteiger partial charge in [-0.3, -0.25) is 0 Å². The maximum Gasteiger partial charge on any atom is 0.0700 e. The number of rotatable bonds is 15. The van der Waals surface area contributed by atoms with Crippen LogP contribution in [0, 0.1) is 7.11 Å². The van der Waals surface area contributed by atoms with Gasteiger partial charge in [0.25, 0.3) is 0 Å². The summed E-state index contributed by atoms with van der Waals surface area (Å²) in [7, 11) is 3.38. The Bertz CT molecular complexity index is 118. The van der Waals surface area contributed by atoms with E-state index < -0.39 is 0 Å². The van der Waals surface area contributed by atoms with Crippen LogP contribution in [0.2, 0.25) is 0 Å². The third-order valence-electron chi connectivity index (χ3n) is 3.64. The smallest absolute Gasteiger partial charge is 0.0700 e. The molecule has 0 heterocycles. The molecule has 0 amide bonds.